The van der Waals surface area contributed by atoms with E-state index in [9.17, 15) is 4.79 Å². The first-order chi connectivity index (χ1) is 9.78. The second kappa shape index (κ2) is 6.14. The van der Waals surface area contributed by atoms with Crippen molar-refractivity contribution in [2.24, 2.45) is 11.8 Å². The van der Waals surface area contributed by atoms with E-state index in [1.165, 1.54) is 25.9 Å². The van der Waals surface area contributed by atoms with Gasteiger partial charge in [0.25, 0.3) is 0 Å². The van der Waals surface area contributed by atoms with Gasteiger partial charge in [-0.2, -0.15) is 0 Å². The van der Waals surface area contributed by atoms with E-state index >= 15 is 0 Å². The van der Waals surface area contributed by atoms with Gasteiger partial charge in [0.2, 0.25) is 0 Å². The Labute approximate surface area is 120 Å². The molecule has 0 aliphatic carbocycles. The summed E-state index contributed by atoms with van der Waals surface area (Å²) in [5.74, 6) is 1.47. The van der Waals surface area contributed by atoms with Gasteiger partial charge in [0.05, 0.1) is 32.8 Å². The van der Waals surface area contributed by atoms with Crippen LogP contribution in [0.4, 0.5) is 4.79 Å². The van der Waals surface area contributed by atoms with E-state index in [4.69, 9.17) is 4.74 Å². The minimum atomic E-state index is 0.0793. The topological polar surface area (TPSA) is 46.0 Å². The monoisotopic (exact) mass is 280 g/mol. The van der Waals surface area contributed by atoms with E-state index in [0.717, 1.165) is 12.5 Å². The van der Waals surface area contributed by atoms with Crippen LogP contribution in [0.3, 0.4) is 0 Å². The number of amides is 2. The lowest BCUT2D eigenvalue weighted by atomic mass is 9.75. The van der Waals surface area contributed by atoms with Crippen LogP contribution in [0, 0.1) is 11.8 Å². The van der Waals surface area contributed by atoms with Crippen LogP contribution in [0.25, 0.3) is 0 Å². The second-order valence-electron chi connectivity index (χ2n) is 6.28. The predicted octanol–water partition coefficient (Wildman–Crippen LogP) is -0.492. The van der Waals surface area contributed by atoms with E-state index < -0.39 is 0 Å². The third-order valence-electron chi connectivity index (χ3n) is 5.20. The Morgan fingerprint density at radius 1 is 1.45 bits per heavy atom. The smallest absolute Gasteiger partial charge is 0.317 e. The minimum Gasteiger partial charge on any atom is -0.378 e. The maximum atomic E-state index is 12.1. The molecular weight excluding hydrogens is 254 g/mol. The molecule has 0 radical (unpaired) electrons. The molecule has 112 valence electrons. The number of rotatable bonds is 3. The third-order valence-corrected chi connectivity index (χ3v) is 5.20. The first kappa shape index (κ1) is 13.9. The SMILES string of the molecule is C=C[C@H]1C[NH+]2CC[C@H]1C[C@@H]2CNC(=O)N1CCOCC1. The Bertz CT molecular complexity index is 368. The van der Waals surface area contributed by atoms with Gasteiger partial charge in [0.15, 0.2) is 0 Å². The van der Waals surface area contributed by atoms with Crippen molar-refractivity contribution in [3.05, 3.63) is 12.7 Å². The standard InChI is InChI=1S/C15H25N3O2/c1-2-12-11-18-4-3-13(12)9-14(18)10-16-15(19)17-5-7-20-8-6-17/h2,12-14H,1,3-11H2,(H,16,19)/p+1/t12-,13-,14+/m0/s1. The fourth-order valence-corrected chi connectivity index (χ4v) is 3.94. The van der Waals surface area contributed by atoms with Gasteiger partial charge in [-0.1, -0.05) is 6.08 Å². The van der Waals surface area contributed by atoms with Gasteiger partial charge < -0.3 is 19.9 Å². The molecule has 0 aromatic rings. The highest BCUT2D eigenvalue weighted by Gasteiger charge is 2.42. The first-order valence-electron chi connectivity index (χ1n) is 7.85. The molecule has 4 aliphatic heterocycles. The molecule has 0 aromatic heterocycles. The molecule has 4 saturated heterocycles. The van der Waals surface area contributed by atoms with E-state index in [-0.39, 0.29) is 6.03 Å². The van der Waals surface area contributed by atoms with Gasteiger partial charge in [-0.3, -0.25) is 0 Å². The number of hydrogen-bond acceptors (Lipinski definition) is 2. The van der Waals surface area contributed by atoms with E-state index in [2.05, 4.69) is 18.0 Å². The number of morpholine rings is 1. The number of carbonyl (C=O) groups excluding carboxylic acids is 1. The molecule has 1 unspecified atom stereocenters. The molecule has 4 rings (SSSR count). The summed E-state index contributed by atoms with van der Waals surface area (Å²) in [7, 11) is 0. The minimum absolute atomic E-state index is 0.0793. The van der Waals surface area contributed by atoms with Crippen LogP contribution in [-0.4, -0.2) is 62.9 Å². The third kappa shape index (κ3) is 2.83. The lowest BCUT2D eigenvalue weighted by Gasteiger charge is -2.46. The lowest BCUT2D eigenvalue weighted by Crippen LogP contribution is -3.20. The van der Waals surface area contributed by atoms with Crippen molar-refractivity contribution in [1.82, 2.24) is 10.2 Å². The zero-order chi connectivity index (χ0) is 13.9. The Kier molecular flexibility index (Phi) is 4.27. The quantitative estimate of drug-likeness (QED) is 0.685. The van der Waals surface area contributed by atoms with Crippen molar-refractivity contribution >= 4 is 6.03 Å². The molecule has 20 heavy (non-hydrogen) atoms. The van der Waals surface area contributed by atoms with Crippen LogP contribution in [0.15, 0.2) is 12.7 Å². The number of fused-ring (bicyclic) bond motifs is 3. The summed E-state index contributed by atoms with van der Waals surface area (Å²) in [6.07, 6.45) is 4.68. The van der Waals surface area contributed by atoms with Crippen LogP contribution in [0.2, 0.25) is 0 Å². The fraction of sp³-hybridized carbons (Fsp3) is 0.800. The van der Waals surface area contributed by atoms with E-state index in [1.54, 1.807) is 4.90 Å². The molecule has 4 aliphatic rings. The largest absolute Gasteiger partial charge is 0.378 e. The van der Waals surface area contributed by atoms with Crippen molar-refractivity contribution in [1.29, 1.82) is 0 Å². The highest BCUT2D eigenvalue weighted by Crippen LogP contribution is 2.27. The van der Waals surface area contributed by atoms with Crippen LogP contribution < -0.4 is 10.2 Å². The van der Waals surface area contributed by atoms with Gasteiger partial charge >= 0.3 is 6.03 Å². The fourth-order valence-electron chi connectivity index (χ4n) is 3.94. The summed E-state index contributed by atoms with van der Waals surface area (Å²) >= 11 is 0. The first-order valence-corrected chi connectivity index (χ1v) is 7.85. The van der Waals surface area contributed by atoms with Gasteiger partial charge in [-0.05, 0) is 5.92 Å². The number of piperidine rings is 3. The number of quaternary nitrogens is 1. The molecule has 4 heterocycles. The van der Waals surface area contributed by atoms with Crippen molar-refractivity contribution in [2.45, 2.75) is 18.9 Å². The number of nitrogens with one attached hydrogen (secondary N) is 2. The molecular formula is C15H26N3O2+. The van der Waals surface area contributed by atoms with Gasteiger partial charge in [-0.15, -0.1) is 6.58 Å². The Hall–Kier alpha value is -1.07. The molecule has 5 nitrogen and oxygen atoms in total. The molecule has 2 amide bonds. The highest BCUT2D eigenvalue weighted by atomic mass is 16.5. The summed E-state index contributed by atoms with van der Waals surface area (Å²) in [4.78, 5) is 15.6. The normalized spacial score (nSPS) is 36.7. The summed E-state index contributed by atoms with van der Waals surface area (Å²) in [5.41, 5.74) is 0. The van der Waals surface area contributed by atoms with Crippen LogP contribution in [-0.2, 0) is 4.74 Å². The highest BCUT2D eigenvalue weighted by molar-refractivity contribution is 5.74. The summed E-state index contributed by atoms with van der Waals surface area (Å²) in [6, 6.07) is 0.672. The van der Waals surface area contributed by atoms with Gasteiger partial charge in [0.1, 0.15) is 6.04 Å². The Morgan fingerprint density at radius 3 is 2.90 bits per heavy atom. The van der Waals surface area contributed by atoms with E-state index in [1.807, 2.05) is 4.90 Å². The maximum absolute atomic E-state index is 12.1. The van der Waals surface area contributed by atoms with E-state index in [0.29, 0.717) is 38.3 Å². The zero-order valence-corrected chi connectivity index (χ0v) is 12.1. The van der Waals surface area contributed by atoms with Crippen LogP contribution in [0.5, 0.6) is 0 Å². The number of hydrogen-bond donors (Lipinski definition) is 2. The molecule has 0 spiro atoms. The van der Waals surface area contributed by atoms with Crippen molar-refractivity contribution in [2.75, 3.05) is 45.9 Å². The molecule has 4 atom stereocenters. The molecule has 2 bridgehead atoms. The number of urea groups is 1. The molecule has 5 heteroatoms. The van der Waals surface area contributed by atoms with Crippen molar-refractivity contribution < 1.29 is 14.4 Å². The molecule has 0 saturated carbocycles. The Morgan fingerprint density at radius 2 is 2.25 bits per heavy atom. The number of nitrogens with zero attached hydrogens (tertiary/aromatic N) is 1. The summed E-state index contributed by atoms with van der Waals surface area (Å²) < 4.78 is 5.27. The van der Waals surface area contributed by atoms with Gasteiger partial charge in [-0.25, -0.2) is 4.79 Å². The Balaban J connectivity index is 1.47. The average molecular weight is 280 g/mol. The molecule has 2 N–H and O–H groups in total. The second-order valence-corrected chi connectivity index (χ2v) is 6.28. The zero-order valence-electron chi connectivity index (χ0n) is 12.1. The molecule has 0 aromatic carbocycles. The van der Waals surface area contributed by atoms with Crippen molar-refractivity contribution in [3.8, 4) is 0 Å². The molecule has 4 fully saturated rings. The summed E-state index contributed by atoms with van der Waals surface area (Å²) in [6.45, 7) is 9.99. The number of carbonyl (C=O) groups is 1. The van der Waals surface area contributed by atoms with Crippen molar-refractivity contribution in [3.63, 3.8) is 0 Å². The number of ether oxygens (including phenoxy) is 1. The average Bonchev–Trinajstić information content (AvgIpc) is 2.53. The van der Waals surface area contributed by atoms with Crippen LogP contribution in [0.1, 0.15) is 12.8 Å². The lowest BCUT2D eigenvalue weighted by molar-refractivity contribution is -0.944. The van der Waals surface area contributed by atoms with Gasteiger partial charge in [0, 0.05) is 31.8 Å². The summed E-state index contributed by atoms with van der Waals surface area (Å²) in [5, 5.41) is 3.12. The van der Waals surface area contributed by atoms with Crippen LogP contribution >= 0.6 is 0 Å². The predicted molar refractivity (Wildman–Crippen MR) is 76.7 cm³/mol. The maximum Gasteiger partial charge on any atom is 0.317 e.